The van der Waals surface area contributed by atoms with E-state index in [1.54, 1.807) is 22.9 Å². The van der Waals surface area contributed by atoms with Crippen molar-refractivity contribution in [3.63, 3.8) is 0 Å². The number of thioether (sulfide) groups is 1. The van der Waals surface area contributed by atoms with E-state index in [1.165, 1.54) is 12.1 Å². The molecule has 1 saturated heterocycles. The first-order valence-electron chi connectivity index (χ1n) is 9.30. The zero-order chi connectivity index (χ0) is 20.6. The van der Waals surface area contributed by atoms with Crippen LogP contribution in [0.1, 0.15) is 29.4 Å². The molecule has 1 fully saturated rings. The molecule has 0 saturated carbocycles. The molecule has 29 heavy (non-hydrogen) atoms. The summed E-state index contributed by atoms with van der Waals surface area (Å²) in [4.78, 5) is 12.7. The van der Waals surface area contributed by atoms with Gasteiger partial charge in [-0.05, 0) is 56.4 Å². The van der Waals surface area contributed by atoms with Crippen molar-refractivity contribution in [1.82, 2.24) is 15.1 Å². The average molecular weight is 417 g/mol. The molecule has 152 valence electrons. The van der Waals surface area contributed by atoms with Crippen molar-refractivity contribution in [1.29, 1.82) is 0 Å². The SMILES string of the molecule is Cc1nn(-c2cccc(OC(F)F)c2)c2ccc(C(=O)NC3(C)CCSC3)cc12. The normalized spacial score (nSPS) is 19.1. The maximum atomic E-state index is 12.7. The van der Waals surface area contributed by atoms with Crippen molar-refractivity contribution in [3.8, 4) is 11.4 Å². The molecular formula is C21H21F2N3O2S. The summed E-state index contributed by atoms with van der Waals surface area (Å²) >= 11 is 1.84. The Morgan fingerprint density at radius 3 is 2.86 bits per heavy atom. The Kier molecular flexibility index (Phi) is 5.21. The number of rotatable bonds is 5. The number of alkyl halides is 2. The van der Waals surface area contributed by atoms with Crippen molar-refractivity contribution >= 4 is 28.6 Å². The van der Waals surface area contributed by atoms with E-state index >= 15 is 0 Å². The highest BCUT2D eigenvalue weighted by Gasteiger charge is 2.31. The van der Waals surface area contributed by atoms with Gasteiger partial charge in [-0.25, -0.2) is 4.68 Å². The van der Waals surface area contributed by atoms with Crippen LogP contribution in [-0.2, 0) is 0 Å². The highest BCUT2D eigenvalue weighted by atomic mass is 32.2. The third kappa shape index (κ3) is 4.07. The van der Waals surface area contributed by atoms with Crippen LogP contribution in [0.4, 0.5) is 8.78 Å². The second kappa shape index (κ2) is 7.67. The predicted octanol–water partition coefficient (Wildman–Crippen LogP) is 4.56. The van der Waals surface area contributed by atoms with E-state index in [4.69, 9.17) is 0 Å². The second-order valence-corrected chi connectivity index (χ2v) is 8.53. The van der Waals surface area contributed by atoms with Gasteiger partial charge in [0.05, 0.1) is 16.9 Å². The van der Waals surface area contributed by atoms with Gasteiger partial charge in [-0.2, -0.15) is 25.6 Å². The minimum atomic E-state index is -2.89. The van der Waals surface area contributed by atoms with Gasteiger partial charge >= 0.3 is 6.61 Å². The molecule has 0 bridgehead atoms. The summed E-state index contributed by atoms with van der Waals surface area (Å²) in [5.41, 5.74) is 2.54. The van der Waals surface area contributed by atoms with Crippen molar-refractivity contribution in [3.05, 3.63) is 53.7 Å². The Morgan fingerprint density at radius 1 is 1.31 bits per heavy atom. The molecule has 0 radical (unpaired) electrons. The number of benzene rings is 2. The van der Waals surface area contributed by atoms with E-state index in [0.29, 0.717) is 11.3 Å². The number of nitrogens with zero attached hydrogens (tertiary/aromatic N) is 2. The number of aromatic nitrogens is 2. The molecule has 2 aromatic carbocycles. The number of hydrogen-bond acceptors (Lipinski definition) is 4. The summed E-state index contributed by atoms with van der Waals surface area (Å²) in [6.45, 7) is 1.04. The van der Waals surface area contributed by atoms with Crippen molar-refractivity contribution < 1.29 is 18.3 Å². The molecule has 3 aromatic rings. The zero-order valence-electron chi connectivity index (χ0n) is 16.1. The number of ether oxygens (including phenoxy) is 1. The van der Waals surface area contributed by atoms with Gasteiger partial charge in [-0.3, -0.25) is 4.79 Å². The number of hydrogen-bond donors (Lipinski definition) is 1. The van der Waals surface area contributed by atoms with E-state index < -0.39 is 6.61 Å². The summed E-state index contributed by atoms with van der Waals surface area (Å²) < 4.78 is 31.2. The standard InChI is InChI=1S/C21H21F2N3O2S/c1-13-17-10-14(19(27)24-21(2)8-9-29-12-21)6-7-18(17)26(25-13)15-4-3-5-16(11-15)28-20(22)23/h3-7,10-11,20H,8-9,12H2,1-2H3,(H,24,27). The lowest BCUT2D eigenvalue weighted by Crippen LogP contribution is -2.45. The molecule has 5 nitrogen and oxygen atoms in total. The van der Waals surface area contributed by atoms with Gasteiger partial charge in [0, 0.05) is 28.3 Å². The first-order chi connectivity index (χ1) is 13.8. The van der Waals surface area contributed by atoms with E-state index in [0.717, 1.165) is 34.5 Å². The first kappa shape index (κ1) is 19.7. The minimum absolute atomic E-state index is 0.0671. The lowest BCUT2D eigenvalue weighted by atomic mass is 10.0. The number of carbonyl (C=O) groups excluding carboxylic acids is 1. The molecule has 1 aliphatic rings. The average Bonchev–Trinajstić information content (AvgIpc) is 3.25. The van der Waals surface area contributed by atoms with Crippen LogP contribution in [-0.4, -0.2) is 39.3 Å². The first-order valence-corrected chi connectivity index (χ1v) is 10.4. The summed E-state index contributed by atoms with van der Waals surface area (Å²) in [7, 11) is 0. The number of nitrogens with one attached hydrogen (secondary N) is 1. The topological polar surface area (TPSA) is 56.2 Å². The van der Waals surface area contributed by atoms with Crippen LogP contribution < -0.4 is 10.1 Å². The molecule has 0 spiro atoms. The quantitative estimate of drug-likeness (QED) is 0.661. The summed E-state index contributed by atoms with van der Waals surface area (Å²) in [5.74, 6) is 1.93. The molecule has 1 amide bonds. The monoisotopic (exact) mass is 417 g/mol. The largest absolute Gasteiger partial charge is 0.435 e. The highest BCUT2D eigenvalue weighted by molar-refractivity contribution is 7.99. The molecule has 4 rings (SSSR count). The van der Waals surface area contributed by atoms with Gasteiger partial charge in [0.2, 0.25) is 0 Å². The van der Waals surface area contributed by atoms with E-state index in [2.05, 4.69) is 22.1 Å². The fourth-order valence-corrected chi connectivity index (χ4v) is 4.92. The molecule has 1 atom stereocenters. The van der Waals surface area contributed by atoms with Gasteiger partial charge < -0.3 is 10.1 Å². The summed E-state index contributed by atoms with van der Waals surface area (Å²) in [5, 5.41) is 8.52. The lowest BCUT2D eigenvalue weighted by Gasteiger charge is -2.24. The molecular weight excluding hydrogens is 396 g/mol. The fourth-order valence-electron chi connectivity index (χ4n) is 3.51. The van der Waals surface area contributed by atoms with Crippen LogP contribution in [0.25, 0.3) is 16.6 Å². The molecule has 0 aliphatic carbocycles. The van der Waals surface area contributed by atoms with Gasteiger partial charge in [-0.15, -0.1) is 0 Å². The molecule has 8 heteroatoms. The van der Waals surface area contributed by atoms with Crippen LogP contribution in [0, 0.1) is 6.92 Å². The third-order valence-corrected chi connectivity index (χ3v) is 6.38. The molecule has 1 unspecified atom stereocenters. The van der Waals surface area contributed by atoms with Crippen LogP contribution in [0.5, 0.6) is 5.75 Å². The fraction of sp³-hybridized carbons (Fsp3) is 0.333. The highest BCUT2D eigenvalue weighted by Crippen LogP contribution is 2.29. The van der Waals surface area contributed by atoms with Crippen molar-refractivity contribution in [2.45, 2.75) is 32.4 Å². The van der Waals surface area contributed by atoms with E-state index in [9.17, 15) is 13.6 Å². The Hall–Kier alpha value is -2.61. The van der Waals surface area contributed by atoms with E-state index in [1.807, 2.05) is 30.8 Å². The van der Waals surface area contributed by atoms with Crippen LogP contribution in [0.15, 0.2) is 42.5 Å². The van der Waals surface area contributed by atoms with Gasteiger partial charge in [0.1, 0.15) is 5.75 Å². The third-order valence-electron chi connectivity index (χ3n) is 5.05. The maximum Gasteiger partial charge on any atom is 0.387 e. The summed E-state index contributed by atoms with van der Waals surface area (Å²) in [6.07, 6.45) is 0.958. The maximum absolute atomic E-state index is 12.7. The van der Waals surface area contributed by atoms with Gasteiger partial charge in [0.15, 0.2) is 0 Å². The number of fused-ring (bicyclic) bond motifs is 1. The molecule has 1 aromatic heterocycles. The second-order valence-electron chi connectivity index (χ2n) is 7.42. The summed E-state index contributed by atoms with van der Waals surface area (Å²) in [6, 6.07) is 11.8. The number of aryl methyl sites for hydroxylation is 1. The Morgan fingerprint density at radius 2 is 2.14 bits per heavy atom. The number of halogens is 2. The number of carbonyl (C=O) groups is 1. The van der Waals surface area contributed by atoms with Gasteiger partial charge in [-0.1, -0.05) is 6.07 Å². The van der Waals surface area contributed by atoms with Crippen molar-refractivity contribution in [2.24, 2.45) is 0 Å². The van der Waals surface area contributed by atoms with E-state index in [-0.39, 0.29) is 17.2 Å². The Balaban J connectivity index is 1.66. The molecule has 2 heterocycles. The predicted molar refractivity (Wildman–Crippen MR) is 110 cm³/mol. The van der Waals surface area contributed by atoms with Crippen LogP contribution >= 0.6 is 11.8 Å². The Labute approximate surface area is 171 Å². The van der Waals surface area contributed by atoms with Crippen LogP contribution in [0.2, 0.25) is 0 Å². The Bertz CT molecular complexity index is 1060. The van der Waals surface area contributed by atoms with Crippen molar-refractivity contribution in [2.75, 3.05) is 11.5 Å². The smallest absolute Gasteiger partial charge is 0.387 e. The zero-order valence-corrected chi connectivity index (χ0v) is 16.9. The van der Waals surface area contributed by atoms with Crippen LogP contribution in [0.3, 0.4) is 0 Å². The minimum Gasteiger partial charge on any atom is -0.435 e. The number of amides is 1. The van der Waals surface area contributed by atoms with Gasteiger partial charge in [0.25, 0.3) is 5.91 Å². The molecule has 1 aliphatic heterocycles. The molecule has 1 N–H and O–H groups in total. The lowest BCUT2D eigenvalue weighted by molar-refractivity contribution is -0.0498.